The van der Waals surface area contributed by atoms with Gasteiger partial charge in [0, 0.05) is 0 Å². The van der Waals surface area contributed by atoms with E-state index in [1.807, 2.05) is 0 Å². The molecule has 0 radical (unpaired) electrons. The van der Waals surface area contributed by atoms with Crippen LogP contribution >= 0.6 is 12.6 Å². The second kappa shape index (κ2) is 5.40. The van der Waals surface area contributed by atoms with Crippen LogP contribution in [0.15, 0.2) is 6.07 Å². The molecule has 0 spiro atoms. The van der Waals surface area contributed by atoms with Gasteiger partial charge in [-0.05, 0) is 0 Å². The van der Waals surface area contributed by atoms with Crippen LogP contribution in [0.4, 0.5) is 5.95 Å². The zero-order chi connectivity index (χ0) is 11.3. The summed E-state index contributed by atoms with van der Waals surface area (Å²) in [5, 5.41) is 2.44. The predicted molar refractivity (Wildman–Crippen MR) is 57.6 cm³/mol. The van der Waals surface area contributed by atoms with Crippen molar-refractivity contribution >= 4 is 24.5 Å². The minimum atomic E-state index is -0.298. The molecule has 0 aromatic carbocycles. The standard InChI is InChI=1S/C8H11N3O3S/c1-13-6-3-7(14-2)11-8(10-6)9-5(12)4-15/h3,15H,4H2,1-2H3,(H,9,10,11,12). The number of rotatable bonds is 4. The van der Waals surface area contributed by atoms with Crippen molar-refractivity contribution in [1.82, 2.24) is 9.97 Å². The maximum Gasteiger partial charge on any atom is 0.236 e. The summed E-state index contributed by atoms with van der Waals surface area (Å²) >= 11 is 3.81. The topological polar surface area (TPSA) is 73.3 Å². The van der Waals surface area contributed by atoms with Gasteiger partial charge >= 0.3 is 0 Å². The Balaban J connectivity index is 2.91. The van der Waals surface area contributed by atoms with E-state index < -0.39 is 0 Å². The van der Waals surface area contributed by atoms with Gasteiger partial charge in [0.15, 0.2) is 0 Å². The van der Waals surface area contributed by atoms with Gasteiger partial charge in [-0.2, -0.15) is 22.6 Å². The fourth-order valence-electron chi connectivity index (χ4n) is 0.833. The van der Waals surface area contributed by atoms with Crippen molar-refractivity contribution in [2.75, 3.05) is 25.3 Å². The Kier molecular flexibility index (Phi) is 4.17. The smallest absolute Gasteiger partial charge is 0.236 e. The van der Waals surface area contributed by atoms with E-state index in [-0.39, 0.29) is 17.6 Å². The van der Waals surface area contributed by atoms with E-state index in [9.17, 15) is 4.79 Å². The van der Waals surface area contributed by atoms with Crippen molar-refractivity contribution in [2.45, 2.75) is 0 Å². The van der Waals surface area contributed by atoms with Gasteiger partial charge in [-0.25, -0.2) is 0 Å². The Labute approximate surface area is 92.4 Å². The highest BCUT2D eigenvalue weighted by atomic mass is 32.1. The molecule has 1 aromatic rings. The number of carbonyl (C=O) groups excluding carboxylic acids is 1. The number of amides is 1. The van der Waals surface area contributed by atoms with Crippen molar-refractivity contribution in [3.8, 4) is 11.8 Å². The van der Waals surface area contributed by atoms with Crippen LogP contribution in [0, 0.1) is 0 Å². The van der Waals surface area contributed by atoms with Gasteiger partial charge in [0.05, 0.1) is 26.0 Å². The fourth-order valence-corrected chi connectivity index (χ4v) is 0.912. The molecule has 0 fully saturated rings. The lowest BCUT2D eigenvalue weighted by Crippen LogP contribution is -2.15. The highest BCUT2D eigenvalue weighted by molar-refractivity contribution is 7.81. The molecule has 1 amide bonds. The number of nitrogens with one attached hydrogen (secondary N) is 1. The summed E-state index contributed by atoms with van der Waals surface area (Å²) < 4.78 is 9.82. The van der Waals surface area contributed by atoms with Gasteiger partial charge in [-0.15, -0.1) is 0 Å². The van der Waals surface area contributed by atoms with E-state index in [4.69, 9.17) is 9.47 Å². The molecule has 0 unspecified atom stereocenters. The molecule has 7 heteroatoms. The number of ether oxygens (including phenoxy) is 2. The quantitative estimate of drug-likeness (QED) is 0.729. The summed E-state index contributed by atoms with van der Waals surface area (Å²) in [4.78, 5) is 18.8. The lowest BCUT2D eigenvalue weighted by Gasteiger charge is -2.06. The molecule has 6 nitrogen and oxygen atoms in total. The highest BCUT2D eigenvalue weighted by Gasteiger charge is 2.07. The molecule has 1 aromatic heterocycles. The second-order valence-corrected chi connectivity index (χ2v) is 2.80. The van der Waals surface area contributed by atoms with Crippen LogP contribution in [0.1, 0.15) is 0 Å². The first-order chi connectivity index (χ1) is 7.19. The summed E-state index contributed by atoms with van der Waals surface area (Å²) in [6.45, 7) is 0. The summed E-state index contributed by atoms with van der Waals surface area (Å²) in [7, 11) is 2.93. The molecule has 0 saturated heterocycles. The molecule has 0 aliphatic rings. The maximum absolute atomic E-state index is 11.0. The van der Waals surface area contributed by atoms with E-state index in [1.165, 1.54) is 20.3 Å². The Hall–Kier alpha value is -1.50. The van der Waals surface area contributed by atoms with Gasteiger partial charge < -0.3 is 9.47 Å². The van der Waals surface area contributed by atoms with Crippen molar-refractivity contribution in [3.63, 3.8) is 0 Å². The number of hydrogen-bond acceptors (Lipinski definition) is 6. The number of carbonyl (C=O) groups is 1. The van der Waals surface area contributed by atoms with E-state index in [1.54, 1.807) is 0 Å². The van der Waals surface area contributed by atoms with E-state index in [0.29, 0.717) is 11.8 Å². The number of methoxy groups -OCH3 is 2. The monoisotopic (exact) mass is 229 g/mol. The van der Waals surface area contributed by atoms with Crippen molar-refractivity contribution < 1.29 is 14.3 Å². The molecule has 82 valence electrons. The molecule has 0 aliphatic heterocycles. The van der Waals surface area contributed by atoms with Crippen LogP contribution in [0.2, 0.25) is 0 Å². The highest BCUT2D eigenvalue weighted by Crippen LogP contribution is 2.16. The van der Waals surface area contributed by atoms with E-state index in [2.05, 4.69) is 27.9 Å². The third kappa shape index (κ3) is 3.28. The first-order valence-corrected chi connectivity index (χ1v) is 4.70. The third-order valence-electron chi connectivity index (χ3n) is 1.49. The van der Waals surface area contributed by atoms with E-state index in [0.717, 1.165) is 0 Å². The average molecular weight is 229 g/mol. The summed E-state index contributed by atoms with van der Waals surface area (Å²) in [5.41, 5.74) is 0. The molecular formula is C8H11N3O3S. The number of hydrogen-bond donors (Lipinski definition) is 2. The summed E-state index contributed by atoms with van der Waals surface area (Å²) in [6.07, 6.45) is 0. The Morgan fingerprint density at radius 3 is 2.33 bits per heavy atom. The number of anilines is 1. The van der Waals surface area contributed by atoms with Crippen molar-refractivity contribution in [1.29, 1.82) is 0 Å². The van der Waals surface area contributed by atoms with E-state index >= 15 is 0 Å². The van der Waals surface area contributed by atoms with Gasteiger partial charge in [-0.3, -0.25) is 10.1 Å². The minimum absolute atomic E-state index is 0.0584. The average Bonchev–Trinajstić information content (AvgIpc) is 2.28. The van der Waals surface area contributed by atoms with Gasteiger partial charge in [0.2, 0.25) is 23.6 Å². The third-order valence-corrected chi connectivity index (χ3v) is 1.78. The molecule has 0 aliphatic carbocycles. The van der Waals surface area contributed by atoms with Crippen molar-refractivity contribution in [3.05, 3.63) is 6.07 Å². The Bertz CT molecular complexity index is 337. The molecule has 1 heterocycles. The lowest BCUT2D eigenvalue weighted by molar-refractivity contribution is -0.113. The van der Waals surface area contributed by atoms with Crippen LogP contribution in [0.5, 0.6) is 11.8 Å². The maximum atomic E-state index is 11.0. The molecule has 0 atom stereocenters. The normalized spacial score (nSPS) is 9.53. The van der Waals surface area contributed by atoms with Crippen molar-refractivity contribution in [2.24, 2.45) is 0 Å². The predicted octanol–water partition coefficient (Wildman–Crippen LogP) is 0.362. The molecule has 1 N–H and O–H groups in total. The molecule has 0 bridgehead atoms. The SMILES string of the molecule is COc1cc(OC)nc(NC(=O)CS)n1. The first kappa shape index (κ1) is 11.6. The number of nitrogens with zero attached hydrogens (tertiary/aromatic N) is 2. The van der Waals surface area contributed by atoms with Gasteiger partial charge in [0.1, 0.15) is 0 Å². The number of aromatic nitrogens is 2. The van der Waals surface area contributed by atoms with Gasteiger partial charge in [-0.1, -0.05) is 0 Å². The molecule has 15 heavy (non-hydrogen) atoms. The van der Waals surface area contributed by atoms with Crippen LogP contribution in [0.25, 0.3) is 0 Å². The number of thiol groups is 1. The summed E-state index contributed by atoms with van der Waals surface area (Å²) in [6, 6.07) is 1.51. The minimum Gasteiger partial charge on any atom is -0.481 e. The Morgan fingerprint density at radius 1 is 1.40 bits per heavy atom. The zero-order valence-electron chi connectivity index (χ0n) is 8.35. The van der Waals surface area contributed by atoms with Crippen LogP contribution in [-0.4, -0.2) is 35.8 Å². The fraction of sp³-hybridized carbons (Fsp3) is 0.375. The lowest BCUT2D eigenvalue weighted by atomic mass is 10.6. The molecule has 1 rings (SSSR count). The van der Waals surface area contributed by atoms with Crippen LogP contribution in [0.3, 0.4) is 0 Å². The van der Waals surface area contributed by atoms with Crippen LogP contribution < -0.4 is 14.8 Å². The van der Waals surface area contributed by atoms with Gasteiger partial charge in [0.25, 0.3) is 0 Å². The summed E-state index contributed by atoms with van der Waals surface area (Å²) in [5.74, 6) is 0.523. The second-order valence-electron chi connectivity index (χ2n) is 2.48. The molecule has 0 saturated carbocycles. The first-order valence-electron chi connectivity index (χ1n) is 4.07. The zero-order valence-corrected chi connectivity index (χ0v) is 9.25. The molecular weight excluding hydrogens is 218 g/mol. The Morgan fingerprint density at radius 2 is 1.93 bits per heavy atom. The van der Waals surface area contributed by atoms with Crippen LogP contribution in [-0.2, 0) is 4.79 Å². The largest absolute Gasteiger partial charge is 0.481 e.